The van der Waals surface area contributed by atoms with Crippen molar-refractivity contribution in [1.82, 2.24) is 5.32 Å². The van der Waals surface area contributed by atoms with Gasteiger partial charge in [0.1, 0.15) is 0 Å². The van der Waals surface area contributed by atoms with Gasteiger partial charge in [0.25, 0.3) is 0 Å². The summed E-state index contributed by atoms with van der Waals surface area (Å²) < 4.78 is 28.0. The summed E-state index contributed by atoms with van der Waals surface area (Å²) in [5.41, 5.74) is 0.920. The first-order chi connectivity index (χ1) is 9.04. The fourth-order valence-electron chi connectivity index (χ4n) is 1.96. The van der Waals surface area contributed by atoms with Gasteiger partial charge in [0.2, 0.25) is 0 Å². The monoisotopic (exact) mass is 345 g/mol. The topological polar surface area (TPSA) is 12.0 Å². The molecule has 0 saturated carbocycles. The lowest BCUT2D eigenvalue weighted by atomic mass is 9.98. The summed E-state index contributed by atoms with van der Waals surface area (Å²) in [5.74, 6) is -1.73. The van der Waals surface area contributed by atoms with Crippen molar-refractivity contribution in [3.63, 3.8) is 0 Å². The van der Waals surface area contributed by atoms with Crippen molar-refractivity contribution in [2.24, 2.45) is 0 Å². The molecule has 0 radical (unpaired) electrons. The SMILES string of the molecule is CNC(c1ccc(Br)cc1Cl)c1cccc(F)c1F. The van der Waals surface area contributed by atoms with Crippen LogP contribution in [0.25, 0.3) is 0 Å². The van der Waals surface area contributed by atoms with Crippen LogP contribution >= 0.6 is 27.5 Å². The maximum Gasteiger partial charge on any atom is 0.163 e. The zero-order valence-corrected chi connectivity index (χ0v) is 12.4. The summed E-state index contributed by atoms with van der Waals surface area (Å²) in [7, 11) is 1.67. The van der Waals surface area contributed by atoms with Gasteiger partial charge in [-0.3, -0.25) is 0 Å². The van der Waals surface area contributed by atoms with Crippen LogP contribution in [0, 0.1) is 11.6 Å². The summed E-state index contributed by atoms with van der Waals surface area (Å²) in [5, 5.41) is 3.44. The van der Waals surface area contributed by atoms with E-state index in [1.54, 1.807) is 19.2 Å². The van der Waals surface area contributed by atoms with Gasteiger partial charge >= 0.3 is 0 Å². The van der Waals surface area contributed by atoms with E-state index in [-0.39, 0.29) is 5.56 Å². The van der Waals surface area contributed by atoms with Crippen LogP contribution in [-0.4, -0.2) is 7.05 Å². The molecule has 1 nitrogen and oxygen atoms in total. The first kappa shape index (κ1) is 14.4. The van der Waals surface area contributed by atoms with E-state index in [4.69, 9.17) is 11.6 Å². The molecular weight excluding hydrogens is 336 g/mol. The summed E-state index contributed by atoms with van der Waals surface area (Å²) >= 11 is 9.47. The molecular formula is C14H11BrClF2N. The fourth-order valence-corrected chi connectivity index (χ4v) is 2.74. The van der Waals surface area contributed by atoms with E-state index in [1.807, 2.05) is 6.07 Å². The summed E-state index contributed by atoms with van der Waals surface area (Å²) in [4.78, 5) is 0. The second-order valence-corrected chi connectivity index (χ2v) is 5.35. The predicted octanol–water partition coefficient (Wildman–Crippen LogP) is 4.69. The molecule has 0 heterocycles. The summed E-state index contributed by atoms with van der Waals surface area (Å²) in [6.07, 6.45) is 0. The lowest BCUT2D eigenvalue weighted by Crippen LogP contribution is -2.19. The van der Waals surface area contributed by atoms with Gasteiger partial charge in [0, 0.05) is 15.1 Å². The van der Waals surface area contributed by atoms with Gasteiger partial charge in [0.15, 0.2) is 11.6 Å². The van der Waals surface area contributed by atoms with Crippen LogP contribution in [0.5, 0.6) is 0 Å². The summed E-state index contributed by atoms with van der Waals surface area (Å²) in [6, 6.07) is 8.91. The van der Waals surface area contributed by atoms with E-state index < -0.39 is 17.7 Å². The first-order valence-electron chi connectivity index (χ1n) is 5.60. The molecule has 0 saturated heterocycles. The number of rotatable bonds is 3. The number of halogens is 4. The van der Waals surface area contributed by atoms with Crippen molar-refractivity contribution in [2.75, 3.05) is 7.05 Å². The fraction of sp³-hybridized carbons (Fsp3) is 0.143. The second kappa shape index (κ2) is 5.99. The van der Waals surface area contributed by atoms with Crippen LogP contribution < -0.4 is 5.32 Å². The van der Waals surface area contributed by atoms with Gasteiger partial charge in [-0.25, -0.2) is 8.78 Å². The molecule has 0 fully saturated rings. The number of hydrogen-bond acceptors (Lipinski definition) is 1. The van der Waals surface area contributed by atoms with E-state index in [0.717, 1.165) is 10.5 Å². The quantitative estimate of drug-likeness (QED) is 0.850. The van der Waals surface area contributed by atoms with E-state index in [0.29, 0.717) is 10.6 Å². The average molecular weight is 347 g/mol. The predicted molar refractivity (Wildman–Crippen MR) is 76.4 cm³/mol. The zero-order valence-electron chi connectivity index (χ0n) is 10.1. The lowest BCUT2D eigenvalue weighted by Gasteiger charge is -2.19. The Bertz CT molecular complexity index is 604. The van der Waals surface area contributed by atoms with E-state index >= 15 is 0 Å². The third-order valence-electron chi connectivity index (χ3n) is 2.85. The minimum absolute atomic E-state index is 0.228. The molecule has 1 unspecified atom stereocenters. The highest BCUT2D eigenvalue weighted by molar-refractivity contribution is 9.10. The van der Waals surface area contributed by atoms with Crippen molar-refractivity contribution in [3.8, 4) is 0 Å². The van der Waals surface area contributed by atoms with Crippen LogP contribution in [0.4, 0.5) is 8.78 Å². The standard InChI is InChI=1S/C14H11BrClF2N/c1-19-14(9-6-5-8(15)7-11(9)16)10-3-2-4-12(17)13(10)18/h2-7,14,19H,1H3. The van der Waals surface area contributed by atoms with E-state index in [1.165, 1.54) is 12.1 Å². The van der Waals surface area contributed by atoms with Crippen molar-refractivity contribution < 1.29 is 8.78 Å². The number of nitrogens with one attached hydrogen (secondary N) is 1. The molecule has 2 rings (SSSR count). The third-order valence-corrected chi connectivity index (χ3v) is 3.68. The maximum atomic E-state index is 13.9. The Hall–Kier alpha value is -0.970. The molecule has 2 aromatic rings. The van der Waals surface area contributed by atoms with Crippen LogP contribution in [0.3, 0.4) is 0 Å². The smallest absolute Gasteiger partial charge is 0.163 e. The Labute approximate surface area is 123 Å². The zero-order chi connectivity index (χ0) is 14.0. The van der Waals surface area contributed by atoms with Gasteiger partial charge in [-0.15, -0.1) is 0 Å². The van der Waals surface area contributed by atoms with Gasteiger partial charge in [-0.2, -0.15) is 0 Å². The van der Waals surface area contributed by atoms with Gasteiger partial charge in [-0.05, 0) is 30.8 Å². The minimum Gasteiger partial charge on any atom is -0.309 e. The van der Waals surface area contributed by atoms with E-state index in [2.05, 4.69) is 21.2 Å². The van der Waals surface area contributed by atoms with Crippen LogP contribution in [-0.2, 0) is 0 Å². The second-order valence-electron chi connectivity index (χ2n) is 4.03. The Kier molecular flexibility index (Phi) is 4.55. The Balaban J connectivity index is 2.53. The lowest BCUT2D eigenvalue weighted by molar-refractivity contribution is 0.487. The van der Waals surface area contributed by atoms with Gasteiger partial charge in [0.05, 0.1) is 6.04 Å². The Morgan fingerprint density at radius 1 is 1.16 bits per heavy atom. The van der Waals surface area contributed by atoms with Crippen LogP contribution in [0.1, 0.15) is 17.2 Å². The molecule has 0 aliphatic carbocycles. The van der Waals surface area contributed by atoms with Crippen molar-refractivity contribution in [1.29, 1.82) is 0 Å². The molecule has 5 heteroatoms. The van der Waals surface area contributed by atoms with E-state index in [9.17, 15) is 8.78 Å². The Morgan fingerprint density at radius 2 is 1.89 bits per heavy atom. The first-order valence-corrected chi connectivity index (χ1v) is 6.77. The number of benzene rings is 2. The van der Waals surface area contributed by atoms with Crippen molar-refractivity contribution >= 4 is 27.5 Å². The van der Waals surface area contributed by atoms with Crippen molar-refractivity contribution in [3.05, 3.63) is 68.7 Å². The van der Waals surface area contributed by atoms with Gasteiger partial charge < -0.3 is 5.32 Å². The Morgan fingerprint density at radius 3 is 2.53 bits per heavy atom. The molecule has 2 aromatic carbocycles. The number of hydrogen-bond donors (Lipinski definition) is 1. The molecule has 0 aromatic heterocycles. The van der Waals surface area contributed by atoms with Crippen LogP contribution in [0.15, 0.2) is 40.9 Å². The highest BCUT2D eigenvalue weighted by atomic mass is 79.9. The molecule has 19 heavy (non-hydrogen) atoms. The molecule has 0 aliphatic heterocycles. The average Bonchev–Trinajstić information content (AvgIpc) is 2.37. The molecule has 0 amide bonds. The third kappa shape index (κ3) is 2.96. The highest BCUT2D eigenvalue weighted by Crippen LogP contribution is 2.32. The molecule has 0 spiro atoms. The maximum absolute atomic E-state index is 13.9. The highest BCUT2D eigenvalue weighted by Gasteiger charge is 2.20. The summed E-state index contributed by atoms with van der Waals surface area (Å²) in [6.45, 7) is 0. The minimum atomic E-state index is -0.869. The molecule has 100 valence electrons. The normalized spacial score (nSPS) is 12.5. The molecule has 0 bridgehead atoms. The van der Waals surface area contributed by atoms with Gasteiger partial charge in [-0.1, -0.05) is 45.7 Å². The largest absolute Gasteiger partial charge is 0.309 e. The molecule has 1 N–H and O–H groups in total. The van der Waals surface area contributed by atoms with Crippen molar-refractivity contribution in [2.45, 2.75) is 6.04 Å². The molecule has 0 aliphatic rings. The van der Waals surface area contributed by atoms with Crippen LogP contribution in [0.2, 0.25) is 5.02 Å². The molecule has 1 atom stereocenters.